The van der Waals surface area contributed by atoms with Crippen molar-refractivity contribution >= 4 is 27.7 Å². The number of aliphatic carboxylic acids is 1. The number of esters is 1. The molecule has 0 saturated carbocycles. The molecule has 0 aliphatic rings. The van der Waals surface area contributed by atoms with Crippen molar-refractivity contribution in [2.45, 2.75) is 24.3 Å². The first-order chi connectivity index (χ1) is 13.2. The molecule has 0 unspecified atom stereocenters. The third-order valence-electron chi connectivity index (χ3n) is 3.76. The number of rotatable bonds is 8. The van der Waals surface area contributed by atoms with Crippen LogP contribution in [-0.2, 0) is 19.4 Å². The molecule has 8 nitrogen and oxygen atoms in total. The monoisotopic (exact) mass is 405 g/mol. The molecule has 28 heavy (non-hydrogen) atoms. The van der Waals surface area contributed by atoms with Crippen molar-refractivity contribution in [2.24, 2.45) is 0 Å². The van der Waals surface area contributed by atoms with Gasteiger partial charge in [-0.05, 0) is 42.8 Å². The summed E-state index contributed by atoms with van der Waals surface area (Å²) in [6.07, 6.45) is -0.288. The lowest BCUT2D eigenvalue weighted by molar-refractivity contribution is -0.139. The average Bonchev–Trinajstić information content (AvgIpc) is 2.65. The predicted molar refractivity (Wildman–Crippen MR) is 99.8 cm³/mol. The maximum atomic E-state index is 12.3. The van der Waals surface area contributed by atoms with E-state index in [1.165, 1.54) is 43.3 Å². The van der Waals surface area contributed by atoms with Crippen LogP contribution in [0.4, 0.5) is 0 Å². The Kier molecular flexibility index (Phi) is 6.89. The number of carbonyl (C=O) groups excluding carboxylic acids is 2. The zero-order valence-electron chi connectivity index (χ0n) is 15.0. The van der Waals surface area contributed by atoms with Crippen molar-refractivity contribution in [2.75, 3.05) is 5.75 Å². The van der Waals surface area contributed by atoms with E-state index in [1.54, 1.807) is 18.2 Å². The van der Waals surface area contributed by atoms with Crippen LogP contribution < -0.4 is 10.1 Å². The highest BCUT2D eigenvalue weighted by Gasteiger charge is 2.24. The van der Waals surface area contributed by atoms with Crippen LogP contribution in [0.1, 0.15) is 23.7 Å². The second-order valence-corrected chi connectivity index (χ2v) is 8.01. The largest absolute Gasteiger partial charge is 0.480 e. The zero-order chi connectivity index (χ0) is 20.7. The molecule has 1 amide bonds. The minimum Gasteiger partial charge on any atom is -0.480 e. The van der Waals surface area contributed by atoms with Crippen molar-refractivity contribution in [3.05, 3.63) is 60.2 Å². The molecule has 2 aromatic carbocycles. The molecule has 0 bridgehead atoms. The Morgan fingerprint density at radius 1 is 1.04 bits per heavy atom. The van der Waals surface area contributed by atoms with Crippen LogP contribution >= 0.6 is 0 Å². The number of ether oxygens (including phenoxy) is 1. The SMILES string of the molecule is CC(=O)Oc1ccc(C(=O)N[C@@H](CCS(=O)(=O)c2ccccc2)C(=O)O)cc1. The number of sulfone groups is 1. The molecule has 0 heterocycles. The molecular formula is C19H19NO7S. The molecule has 0 spiro atoms. The van der Waals surface area contributed by atoms with Gasteiger partial charge in [0.1, 0.15) is 11.8 Å². The molecule has 2 N–H and O–H groups in total. The standard InChI is InChI=1S/C19H19NO7S/c1-13(21)27-15-9-7-14(8-10-15)18(22)20-17(19(23)24)11-12-28(25,26)16-5-3-2-4-6-16/h2-10,17H,11-12H2,1H3,(H,20,22)(H,23,24)/t17-/m0/s1. The van der Waals surface area contributed by atoms with Crippen LogP contribution in [0.25, 0.3) is 0 Å². The molecule has 0 aliphatic carbocycles. The van der Waals surface area contributed by atoms with E-state index in [9.17, 15) is 27.9 Å². The van der Waals surface area contributed by atoms with E-state index < -0.39 is 39.5 Å². The smallest absolute Gasteiger partial charge is 0.326 e. The number of carboxylic acids is 1. The first kappa shape index (κ1) is 21.1. The van der Waals surface area contributed by atoms with E-state index >= 15 is 0 Å². The number of benzene rings is 2. The summed E-state index contributed by atoms with van der Waals surface area (Å²) in [6, 6.07) is 11.8. The number of hydrogen-bond acceptors (Lipinski definition) is 6. The van der Waals surface area contributed by atoms with Crippen molar-refractivity contribution < 1.29 is 32.6 Å². The second kappa shape index (κ2) is 9.14. The van der Waals surface area contributed by atoms with Crippen LogP contribution in [0.2, 0.25) is 0 Å². The molecule has 0 fully saturated rings. The molecule has 9 heteroatoms. The van der Waals surface area contributed by atoms with E-state index in [0.717, 1.165) is 0 Å². The van der Waals surface area contributed by atoms with Crippen molar-refractivity contribution in [3.63, 3.8) is 0 Å². The number of carboxylic acid groups (broad SMARTS) is 1. The third-order valence-corrected chi connectivity index (χ3v) is 5.52. The van der Waals surface area contributed by atoms with Gasteiger partial charge < -0.3 is 15.2 Å². The Balaban J connectivity index is 2.03. The van der Waals surface area contributed by atoms with Crippen molar-refractivity contribution in [3.8, 4) is 5.75 Å². The first-order valence-electron chi connectivity index (χ1n) is 8.29. The van der Waals surface area contributed by atoms with Crippen LogP contribution in [-0.4, -0.2) is 43.2 Å². The van der Waals surface area contributed by atoms with Gasteiger partial charge in [0.05, 0.1) is 10.6 Å². The highest BCUT2D eigenvalue weighted by atomic mass is 32.2. The Morgan fingerprint density at radius 2 is 1.64 bits per heavy atom. The van der Waals surface area contributed by atoms with E-state index in [1.807, 2.05) is 0 Å². The number of nitrogens with one attached hydrogen (secondary N) is 1. The van der Waals surface area contributed by atoms with Gasteiger partial charge in [-0.25, -0.2) is 13.2 Å². The summed E-state index contributed by atoms with van der Waals surface area (Å²) in [5.41, 5.74) is 0.146. The average molecular weight is 405 g/mol. The molecule has 2 rings (SSSR count). The van der Waals surface area contributed by atoms with E-state index in [-0.39, 0.29) is 22.6 Å². The van der Waals surface area contributed by atoms with E-state index in [4.69, 9.17) is 4.74 Å². The number of amides is 1. The van der Waals surface area contributed by atoms with Gasteiger partial charge in [-0.15, -0.1) is 0 Å². The quantitative estimate of drug-likeness (QED) is 0.505. The highest BCUT2D eigenvalue weighted by molar-refractivity contribution is 7.91. The summed E-state index contributed by atoms with van der Waals surface area (Å²) in [7, 11) is -3.67. The molecule has 1 atom stereocenters. The summed E-state index contributed by atoms with van der Waals surface area (Å²) >= 11 is 0. The van der Waals surface area contributed by atoms with Crippen LogP contribution in [0.3, 0.4) is 0 Å². The molecule has 0 aliphatic heterocycles. The Morgan fingerprint density at radius 3 is 2.18 bits per heavy atom. The van der Waals surface area contributed by atoms with Crippen molar-refractivity contribution in [1.29, 1.82) is 0 Å². The first-order valence-corrected chi connectivity index (χ1v) is 9.94. The normalized spacial score (nSPS) is 12.0. The van der Waals surface area contributed by atoms with Gasteiger partial charge in [-0.3, -0.25) is 9.59 Å². The fourth-order valence-electron chi connectivity index (χ4n) is 2.36. The zero-order valence-corrected chi connectivity index (χ0v) is 15.8. The second-order valence-electron chi connectivity index (χ2n) is 5.90. The van der Waals surface area contributed by atoms with Gasteiger partial charge in [-0.1, -0.05) is 18.2 Å². The van der Waals surface area contributed by atoms with Gasteiger partial charge in [-0.2, -0.15) is 0 Å². The Labute approximate surface area is 162 Å². The lowest BCUT2D eigenvalue weighted by atomic mass is 10.1. The summed E-state index contributed by atoms with van der Waals surface area (Å²) < 4.78 is 29.4. The van der Waals surface area contributed by atoms with Gasteiger partial charge in [0.15, 0.2) is 9.84 Å². The van der Waals surface area contributed by atoms with Crippen LogP contribution in [0, 0.1) is 0 Å². The molecular weight excluding hydrogens is 386 g/mol. The maximum absolute atomic E-state index is 12.3. The molecule has 0 saturated heterocycles. The van der Waals surface area contributed by atoms with Gasteiger partial charge >= 0.3 is 11.9 Å². The lowest BCUT2D eigenvalue weighted by Crippen LogP contribution is -2.41. The van der Waals surface area contributed by atoms with Crippen LogP contribution in [0.5, 0.6) is 5.75 Å². The number of carbonyl (C=O) groups is 3. The fraction of sp³-hybridized carbons (Fsp3) is 0.211. The van der Waals surface area contributed by atoms with Crippen LogP contribution in [0.15, 0.2) is 59.5 Å². The summed E-state index contributed by atoms with van der Waals surface area (Å²) in [6.45, 7) is 1.24. The van der Waals surface area contributed by atoms with Gasteiger partial charge in [0.2, 0.25) is 0 Å². The number of hydrogen-bond donors (Lipinski definition) is 2. The summed E-state index contributed by atoms with van der Waals surface area (Å²) in [4.78, 5) is 34.7. The summed E-state index contributed by atoms with van der Waals surface area (Å²) in [5, 5.41) is 11.6. The van der Waals surface area contributed by atoms with E-state index in [0.29, 0.717) is 0 Å². The van der Waals surface area contributed by atoms with E-state index in [2.05, 4.69) is 5.32 Å². The molecule has 0 aromatic heterocycles. The topological polar surface area (TPSA) is 127 Å². The minimum atomic E-state index is -3.67. The highest BCUT2D eigenvalue weighted by Crippen LogP contribution is 2.14. The van der Waals surface area contributed by atoms with Gasteiger partial charge in [0.25, 0.3) is 5.91 Å². The summed E-state index contributed by atoms with van der Waals surface area (Å²) in [5.74, 6) is -2.72. The molecule has 2 aromatic rings. The Hall–Kier alpha value is -3.20. The Bertz CT molecular complexity index is 954. The minimum absolute atomic E-state index is 0.0894. The third kappa shape index (κ3) is 5.92. The fourth-order valence-corrected chi connectivity index (χ4v) is 3.71. The van der Waals surface area contributed by atoms with Crippen molar-refractivity contribution in [1.82, 2.24) is 5.32 Å². The lowest BCUT2D eigenvalue weighted by Gasteiger charge is -2.15. The molecule has 148 valence electrons. The maximum Gasteiger partial charge on any atom is 0.326 e. The molecule has 0 radical (unpaired) electrons. The predicted octanol–water partition coefficient (Wildman–Crippen LogP) is 1.66. The van der Waals surface area contributed by atoms with Gasteiger partial charge in [0, 0.05) is 12.5 Å².